The summed E-state index contributed by atoms with van der Waals surface area (Å²) in [5.74, 6) is 2.50. The molecular formula is C19H22N2O7. The van der Waals surface area contributed by atoms with Crippen LogP contribution in [0.3, 0.4) is 0 Å². The molecule has 0 radical (unpaired) electrons. The highest BCUT2D eigenvalue weighted by Gasteiger charge is 2.28. The summed E-state index contributed by atoms with van der Waals surface area (Å²) in [7, 11) is 1.34. The molecule has 2 rings (SSSR count). The van der Waals surface area contributed by atoms with E-state index in [0.717, 1.165) is 30.1 Å². The molecule has 9 nitrogen and oxygen atoms in total. The van der Waals surface area contributed by atoms with Gasteiger partial charge >= 0.3 is 11.9 Å². The van der Waals surface area contributed by atoms with Crippen LogP contribution in [0.1, 0.15) is 51.4 Å². The smallest absolute Gasteiger partial charge is 0.335 e. The van der Waals surface area contributed by atoms with Crippen LogP contribution in [0.15, 0.2) is 12.2 Å². The predicted octanol–water partition coefficient (Wildman–Crippen LogP) is 1.04. The van der Waals surface area contributed by atoms with Crippen molar-refractivity contribution in [1.82, 2.24) is 10.1 Å². The third-order valence-corrected chi connectivity index (χ3v) is 4.24. The summed E-state index contributed by atoms with van der Waals surface area (Å²) < 4.78 is 0. The standard InChI is InChI=1S/C19H22N2O7/c1-20(28-19(26)14-8-5-3-2-4-6-9-14)15(22)10-7-11-18(25)27-21-16(23)12-13-17(21)24/h12-14H,3,5-11H2,1H3. The van der Waals surface area contributed by atoms with Crippen LogP contribution >= 0.6 is 0 Å². The molecule has 0 spiro atoms. The van der Waals surface area contributed by atoms with E-state index in [9.17, 15) is 24.0 Å². The van der Waals surface area contributed by atoms with Crippen LogP contribution in [-0.4, -0.2) is 46.8 Å². The highest BCUT2D eigenvalue weighted by atomic mass is 16.7. The van der Waals surface area contributed by atoms with Gasteiger partial charge in [-0.2, -0.15) is 5.06 Å². The maximum atomic E-state index is 12.2. The minimum Gasteiger partial charge on any atom is -0.338 e. The summed E-state index contributed by atoms with van der Waals surface area (Å²) in [6.07, 6.45) is 5.31. The lowest BCUT2D eigenvalue weighted by Crippen LogP contribution is -2.33. The molecule has 0 bridgehead atoms. The van der Waals surface area contributed by atoms with Gasteiger partial charge in [-0.25, -0.2) is 9.59 Å². The van der Waals surface area contributed by atoms with Crippen molar-refractivity contribution in [2.45, 2.75) is 51.4 Å². The molecule has 1 aliphatic carbocycles. The van der Waals surface area contributed by atoms with Crippen LogP contribution in [0.4, 0.5) is 0 Å². The maximum absolute atomic E-state index is 12.2. The molecule has 0 aromatic heterocycles. The van der Waals surface area contributed by atoms with E-state index in [1.165, 1.54) is 7.05 Å². The Balaban J connectivity index is 1.68. The number of imide groups is 1. The molecule has 9 heteroatoms. The molecule has 0 N–H and O–H groups in total. The molecule has 28 heavy (non-hydrogen) atoms. The van der Waals surface area contributed by atoms with E-state index in [0.29, 0.717) is 24.3 Å². The van der Waals surface area contributed by atoms with E-state index in [4.69, 9.17) is 4.84 Å². The van der Waals surface area contributed by atoms with Crippen LogP contribution in [0, 0.1) is 17.8 Å². The van der Waals surface area contributed by atoms with Gasteiger partial charge in [-0.1, -0.05) is 5.06 Å². The van der Waals surface area contributed by atoms with Gasteiger partial charge in [0.15, 0.2) is 0 Å². The van der Waals surface area contributed by atoms with Crippen LogP contribution in [0.25, 0.3) is 0 Å². The van der Waals surface area contributed by atoms with Gasteiger partial charge in [-0.15, -0.1) is 11.8 Å². The Morgan fingerprint density at radius 2 is 1.79 bits per heavy atom. The zero-order chi connectivity index (χ0) is 20.5. The molecular weight excluding hydrogens is 368 g/mol. The number of carbonyl (C=O) groups is 5. The van der Waals surface area contributed by atoms with Gasteiger partial charge in [-0.05, 0) is 25.7 Å². The second-order valence-corrected chi connectivity index (χ2v) is 6.40. The van der Waals surface area contributed by atoms with Gasteiger partial charge in [0, 0.05) is 44.9 Å². The summed E-state index contributed by atoms with van der Waals surface area (Å²) in [6.45, 7) is 0. The first-order valence-corrected chi connectivity index (χ1v) is 9.09. The Morgan fingerprint density at radius 1 is 1.11 bits per heavy atom. The lowest BCUT2D eigenvalue weighted by molar-refractivity contribution is -0.198. The van der Waals surface area contributed by atoms with Gasteiger partial charge in [-0.3, -0.25) is 14.4 Å². The molecule has 2 aliphatic rings. The SMILES string of the molecule is CN(OC(=O)C1CCC#CCCC1)C(=O)CCCC(=O)ON1C(=O)C=CC1=O. The first-order valence-electron chi connectivity index (χ1n) is 9.09. The highest BCUT2D eigenvalue weighted by molar-refractivity contribution is 6.12. The number of nitrogens with zero attached hydrogens (tertiary/aromatic N) is 2. The van der Waals surface area contributed by atoms with Gasteiger partial charge in [0.05, 0.1) is 5.92 Å². The van der Waals surface area contributed by atoms with Crippen molar-refractivity contribution in [2.75, 3.05) is 7.05 Å². The zero-order valence-electron chi connectivity index (χ0n) is 15.6. The van der Waals surface area contributed by atoms with E-state index >= 15 is 0 Å². The Kier molecular flexibility index (Phi) is 7.75. The van der Waals surface area contributed by atoms with Crippen molar-refractivity contribution < 1.29 is 33.6 Å². The van der Waals surface area contributed by atoms with Gasteiger partial charge in [0.25, 0.3) is 17.7 Å². The Morgan fingerprint density at radius 3 is 2.50 bits per heavy atom. The molecule has 0 fully saturated rings. The summed E-state index contributed by atoms with van der Waals surface area (Å²) in [5.41, 5.74) is 0. The van der Waals surface area contributed by atoms with E-state index in [1.807, 2.05) is 0 Å². The summed E-state index contributed by atoms with van der Waals surface area (Å²) in [5, 5.41) is 1.23. The lowest BCUT2D eigenvalue weighted by atomic mass is 9.95. The maximum Gasteiger partial charge on any atom is 0.335 e. The van der Waals surface area contributed by atoms with Crippen LogP contribution in [0.2, 0.25) is 0 Å². The van der Waals surface area contributed by atoms with Gasteiger partial charge < -0.3 is 9.68 Å². The fourth-order valence-electron chi connectivity index (χ4n) is 2.67. The summed E-state index contributed by atoms with van der Waals surface area (Å²) in [6, 6.07) is 0. The molecule has 0 saturated carbocycles. The van der Waals surface area contributed by atoms with Crippen molar-refractivity contribution >= 4 is 29.7 Å². The monoisotopic (exact) mass is 390 g/mol. The van der Waals surface area contributed by atoms with Gasteiger partial charge in [0.1, 0.15) is 0 Å². The third kappa shape index (κ3) is 6.23. The molecule has 1 heterocycles. The number of hydrogen-bond acceptors (Lipinski definition) is 7. The van der Waals surface area contributed by atoms with Crippen molar-refractivity contribution in [3.8, 4) is 11.8 Å². The molecule has 1 unspecified atom stereocenters. The third-order valence-electron chi connectivity index (χ3n) is 4.24. The fourth-order valence-corrected chi connectivity index (χ4v) is 2.67. The number of carbonyl (C=O) groups excluding carboxylic acids is 5. The zero-order valence-corrected chi connectivity index (χ0v) is 15.6. The number of hydroxylamine groups is 4. The van der Waals surface area contributed by atoms with E-state index in [2.05, 4.69) is 16.7 Å². The average molecular weight is 390 g/mol. The molecule has 3 amide bonds. The summed E-state index contributed by atoms with van der Waals surface area (Å²) in [4.78, 5) is 68.3. The molecule has 150 valence electrons. The molecule has 0 saturated heterocycles. The van der Waals surface area contributed by atoms with Crippen LogP contribution in [-0.2, 0) is 33.6 Å². The Hall–Kier alpha value is -3.15. The average Bonchev–Trinajstić information content (AvgIpc) is 2.93. The van der Waals surface area contributed by atoms with E-state index < -0.39 is 29.7 Å². The Labute approximate surface area is 162 Å². The number of hydrogen-bond donors (Lipinski definition) is 0. The second-order valence-electron chi connectivity index (χ2n) is 6.40. The van der Waals surface area contributed by atoms with Crippen molar-refractivity contribution in [3.05, 3.63) is 12.2 Å². The van der Waals surface area contributed by atoms with Crippen molar-refractivity contribution in [2.24, 2.45) is 5.92 Å². The molecule has 1 atom stereocenters. The second kappa shape index (κ2) is 10.3. The summed E-state index contributed by atoms with van der Waals surface area (Å²) >= 11 is 0. The first kappa shape index (κ1) is 21.2. The molecule has 0 aromatic rings. The normalized spacial score (nSPS) is 18.6. The number of rotatable bonds is 6. The van der Waals surface area contributed by atoms with Crippen LogP contribution < -0.4 is 0 Å². The minimum absolute atomic E-state index is 0.0604. The quantitative estimate of drug-likeness (QED) is 0.378. The number of amides is 3. The minimum atomic E-state index is -0.812. The van der Waals surface area contributed by atoms with Crippen LogP contribution in [0.5, 0.6) is 0 Å². The van der Waals surface area contributed by atoms with E-state index in [-0.39, 0.29) is 25.2 Å². The Bertz CT molecular complexity index is 729. The predicted molar refractivity (Wildman–Crippen MR) is 94.1 cm³/mol. The topological polar surface area (TPSA) is 110 Å². The van der Waals surface area contributed by atoms with Crippen molar-refractivity contribution in [1.29, 1.82) is 0 Å². The van der Waals surface area contributed by atoms with Crippen molar-refractivity contribution in [3.63, 3.8) is 0 Å². The lowest BCUT2D eigenvalue weighted by Gasteiger charge is -2.20. The fraction of sp³-hybridized carbons (Fsp3) is 0.526. The highest BCUT2D eigenvalue weighted by Crippen LogP contribution is 2.19. The molecule has 1 aliphatic heterocycles. The van der Waals surface area contributed by atoms with E-state index in [1.54, 1.807) is 0 Å². The largest absolute Gasteiger partial charge is 0.338 e. The first-order chi connectivity index (χ1) is 13.4. The molecule has 0 aromatic carbocycles. The van der Waals surface area contributed by atoms with Gasteiger partial charge in [0.2, 0.25) is 0 Å².